The number of piperidine rings is 1. The zero-order chi connectivity index (χ0) is 11.4. The van der Waals surface area contributed by atoms with Gasteiger partial charge in [-0.15, -0.1) is 0 Å². The lowest BCUT2D eigenvalue weighted by atomic mass is 10.1. The quantitative estimate of drug-likeness (QED) is 0.750. The summed E-state index contributed by atoms with van der Waals surface area (Å²) in [7, 11) is 0. The highest BCUT2D eigenvalue weighted by Crippen LogP contribution is 2.03. The van der Waals surface area contributed by atoms with E-state index >= 15 is 0 Å². The summed E-state index contributed by atoms with van der Waals surface area (Å²) < 4.78 is 0. The molecule has 0 atom stereocenters. The average molecular weight is 220 g/mol. The van der Waals surface area contributed by atoms with Crippen LogP contribution < -0.4 is 10.6 Å². The van der Waals surface area contributed by atoms with Crippen molar-refractivity contribution in [2.24, 2.45) is 0 Å². The summed E-state index contributed by atoms with van der Waals surface area (Å²) in [5.41, 5.74) is 1.21. The summed E-state index contributed by atoms with van der Waals surface area (Å²) in [6.45, 7) is 3.77. The molecule has 16 heavy (non-hydrogen) atoms. The van der Waals surface area contributed by atoms with Gasteiger partial charge in [0.25, 0.3) is 5.91 Å². The monoisotopic (exact) mass is 220 g/mol. The van der Waals surface area contributed by atoms with Crippen molar-refractivity contribution in [2.75, 3.05) is 13.1 Å². The molecule has 86 valence electrons. The third kappa shape index (κ3) is 2.76. The fraction of sp³-hybridized carbons (Fsp3) is 0.545. The molecule has 1 saturated heterocycles. The molecule has 5 nitrogen and oxygen atoms in total. The number of amides is 1. The molecule has 0 saturated carbocycles. The number of rotatable bonds is 2. The van der Waals surface area contributed by atoms with Crippen LogP contribution in [0, 0.1) is 6.92 Å². The van der Waals surface area contributed by atoms with Crippen molar-refractivity contribution >= 4 is 5.91 Å². The normalized spacial score (nSPS) is 17.1. The van der Waals surface area contributed by atoms with Crippen molar-refractivity contribution in [1.29, 1.82) is 0 Å². The van der Waals surface area contributed by atoms with Gasteiger partial charge < -0.3 is 10.6 Å². The van der Waals surface area contributed by atoms with Gasteiger partial charge in [-0.25, -0.2) is 4.98 Å². The predicted molar refractivity (Wildman–Crippen MR) is 60.1 cm³/mol. The molecule has 0 unspecified atom stereocenters. The number of hydrogen-bond donors (Lipinski definition) is 2. The summed E-state index contributed by atoms with van der Waals surface area (Å²) in [5, 5.41) is 6.23. The van der Waals surface area contributed by atoms with Gasteiger partial charge in [-0.1, -0.05) is 0 Å². The van der Waals surface area contributed by atoms with Crippen LogP contribution in [0.25, 0.3) is 0 Å². The number of carbonyl (C=O) groups is 1. The molecule has 1 aliphatic rings. The summed E-state index contributed by atoms with van der Waals surface area (Å²) in [6.07, 6.45) is 5.08. The smallest absolute Gasteiger partial charge is 0.271 e. The van der Waals surface area contributed by atoms with Gasteiger partial charge in [-0.05, 0) is 32.9 Å². The molecule has 0 spiro atoms. The van der Waals surface area contributed by atoms with E-state index in [0.29, 0.717) is 5.69 Å². The molecule has 1 aliphatic heterocycles. The lowest BCUT2D eigenvalue weighted by Crippen LogP contribution is -2.42. The molecule has 1 aromatic heterocycles. The van der Waals surface area contributed by atoms with Gasteiger partial charge in [0.2, 0.25) is 0 Å². The Balaban J connectivity index is 1.94. The largest absolute Gasteiger partial charge is 0.348 e. The average Bonchev–Trinajstić information content (AvgIpc) is 2.31. The fourth-order valence-electron chi connectivity index (χ4n) is 1.74. The summed E-state index contributed by atoms with van der Waals surface area (Å²) in [5.74, 6) is -0.126. The van der Waals surface area contributed by atoms with Gasteiger partial charge in [0.1, 0.15) is 5.69 Å². The molecule has 0 bridgehead atoms. The van der Waals surface area contributed by atoms with Crippen molar-refractivity contribution in [3.05, 3.63) is 23.8 Å². The van der Waals surface area contributed by atoms with Gasteiger partial charge in [0.15, 0.2) is 0 Å². The first kappa shape index (κ1) is 11.0. The van der Waals surface area contributed by atoms with Crippen molar-refractivity contribution in [3.8, 4) is 0 Å². The Hall–Kier alpha value is -1.49. The second-order valence-electron chi connectivity index (χ2n) is 4.04. The molecule has 2 heterocycles. The Morgan fingerprint density at radius 1 is 1.38 bits per heavy atom. The summed E-state index contributed by atoms with van der Waals surface area (Å²) in [6, 6.07) is 0.261. The second kappa shape index (κ2) is 5.03. The van der Waals surface area contributed by atoms with E-state index in [-0.39, 0.29) is 11.9 Å². The lowest BCUT2D eigenvalue weighted by molar-refractivity contribution is 0.0924. The third-order valence-electron chi connectivity index (χ3n) is 2.69. The van der Waals surface area contributed by atoms with Crippen LogP contribution in [0.4, 0.5) is 0 Å². The Kier molecular flexibility index (Phi) is 3.46. The first-order chi connectivity index (χ1) is 7.75. The van der Waals surface area contributed by atoms with Crippen LogP contribution in [0.15, 0.2) is 12.4 Å². The van der Waals surface area contributed by atoms with E-state index in [9.17, 15) is 4.79 Å². The van der Waals surface area contributed by atoms with E-state index in [0.717, 1.165) is 31.6 Å². The maximum atomic E-state index is 11.8. The maximum absolute atomic E-state index is 11.8. The Morgan fingerprint density at radius 3 is 2.75 bits per heavy atom. The molecule has 1 amide bonds. The number of nitrogens with zero attached hydrogens (tertiary/aromatic N) is 2. The number of carbonyl (C=O) groups excluding carboxylic acids is 1. The van der Waals surface area contributed by atoms with Gasteiger partial charge >= 0.3 is 0 Å². The molecular formula is C11H16N4O. The maximum Gasteiger partial charge on any atom is 0.271 e. The molecule has 2 N–H and O–H groups in total. The van der Waals surface area contributed by atoms with Crippen molar-refractivity contribution in [2.45, 2.75) is 25.8 Å². The predicted octanol–water partition coefficient (Wildman–Crippen LogP) is 0.267. The molecule has 0 aliphatic carbocycles. The van der Waals surface area contributed by atoms with Crippen molar-refractivity contribution in [1.82, 2.24) is 20.6 Å². The van der Waals surface area contributed by atoms with E-state index in [4.69, 9.17) is 0 Å². The Labute approximate surface area is 94.7 Å². The summed E-state index contributed by atoms with van der Waals surface area (Å²) >= 11 is 0. The number of hydrogen-bond acceptors (Lipinski definition) is 4. The first-order valence-corrected chi connectivity index (χ1v) is 5.56. The first-order valence-electron chi connectivity index (χ1n) is 5.56. The van der Waals surface area contributed by atoms with Crippen LogP contribution in [-0.4, -0.2) is 35.0 Å². The molecule has 1 fully saturated rings. The van der Waals surface area contributed by atoms with E-state index < -0.39 is 0 Å². The number of aryl methyl sites for hydroxylation is 1. The zero-order valence-electron chi connectivity index (χ0n) is 9.36. The van der Waals surface area contributed by atoms with Gasteiger partial charge in [-0.2, -0.15) is 0 Å². The SMILES string of the molecule is Cc1cnc(C(=O)NC2CCNCC2)cn1. The van der Waals surface area contributed by atoms with Gasteiger partial charge in [-0.3, -0.25) is 9.78 Å². The van der Waals surface area contributed by atoms with E-state index in [1.54, 1.807) is 6.20 Å². The molecule has 2 rings (SSSR count). The fourth-order valence-corrected chi connectivity index (χ4v) is 1.74. The lowest BCUT2D eigenvalue weighted by Gasteiger charge is -2.23. The minimum Gasteiger partial charge on any atom is -0.348 e. The van der Waals surface area contributed by atoms with Gasteiger partial charge in [0.05, 0.1) is 11.9 Å². The Morgan fingerprint density at radius 2 is 2.12 bits per heavy atom. The molecular weight excluding hydrogens is 204 g/mol. The van der Waals surface area contributed by atoms with E-state index in [2.05, 4.69) is 20.6 Å². The van der Waals surface area contributed by atoms with Gasteiger partial charge in [0, 0.05) is 12.2 Å². The molecule has 1 aromatic rings. The third-order valence-corrected chi connectivity index (χ3v) is 2.69. The molecule has 0 aromatic carbocycles. The van der Waals surface area contributed by atoms with Crippen LogP contribution >= 0.6 is 0 Å². The minimum atomic E-state index is -0.126. The van der Waals surface area contributed by atoms with Crippen LogP contribution in [0.3, 0.4) is 0 Å². The van der Waals surface area contributed by atoms with Crippen LogP contribution in [0.1, 0.15) is 29.0 Å². The minimum absolute atomic E-state index is 0.126. The van der Waals surface area contributed by atoms with Crippen molar-refractivity contribution in [3.63, 3.8) is 0 Å². The highest BCUT2D eigenvalue weighted by atomic mass is 16.1. The Bertz CT molecular complexity index is 357. The number of aromatic nitrogens is 2. The standard InChI is InChI=1S/C11H16N4O/c1-8-6-14-10(7-13-8)11(16)15-9-2-4-12-5-3-9/h6-7,9,12H,2-5H2,1H3,(H,15,16). The van der Waals surface area contributed by atoms with Crippen LogP contribution in [-0.2, 0) is 0 Å². The second-order valence-corrected chi connectivity index (χ2v) is 4.04. The molecule has 5 heteroatoms. The van der Waals surface area contributed by atoms with Crippen molar-refractivity contribution < 1.29 is 4.79 Å². The highest BCUT2D eigenvalue weighted by molar-refractivity contribution is 5.92. The van der Waals surface area contributed by atoms with Crippen LogP contribution in [0.2, 0.25) is 0 Å². The zero-order valence-corrected chi connectivity index (χ0v) is 9.36. The topological polar surface area (TPSA) is 66.9 Å². The molecule has 0 radical (unpaired) electrons. The number of nitrogens with one attached hydrogen (secondary N) is 2. The van der Waals surface area contributed by atoms with E-state index in [1.807, 2.05) is 6.92 Å². The summed E-state index contributed by atoms with van der Waals surface area (Å²) in [4.78, 5) is 19.9. The highest BCUT2D eigenvalue weighted by Gasteiger charge is 2.16. The van der Waals surface area contributed by atoms with E-state index in [1.165, 1.54) is 6.20 Å². The van der Waals surface area contributed by atoms with Crippen LogP contribution in [0.5, 0.6) is 0 Å².